The van der Waals surface area contributed by atoms with Crippen LogP contribution in [0.4, 0.5) is 15.8 Å². The average molecular weight is 479 g/mol. The minimum atomic E-state index is -0.575. The van der Waals surface area contributed by atoms with Gasteiger partial charge < -0.3 is 14.3 Å². The van der Waals surface area contributed by atoms with Gasteiger partial charge in [-0.1, -0.05) is 24.3 Å². The summed E-state index contributed by atoms with van der Waals surface area (Å²) in [6, 6.07) is 10.8. The Morgan fingerprint density at radius 1 is 1.06 bits per heavy atom. The van der Waals surface area contributed by atoms with Crippen molar-refractivity contribution in [1.82, 2.24) is 4.57 Å². The number of rotatable bonds is 5. The molecule has 176 valence electrons. The molecular weight excluding hydrogens is 451 g/mol. The molecular formula is C27H27FN2O3S. The summed E-state index contributed by atoms with van der Waals surface area (Å²) in [6.45, 7) is 7.24. The number of pyridine rings is 1. The van der Waals surface area contributed by atoms with Gasteiger partial charge in [-0.3, -0.25) is 4.79 Å². The Bertz CT molecular complexity index is 1550. The zero-order valence-electron chi connectivity index (χ0n) is 20.1. The Morgan fingerprint density at radius 3 is 2.47 bits per heavy atom. The predicted molar refractivity (Wildman–Crippen MR) is 139 cm³/mol. The van der Waals surface area contributed by atoms with Crippen molar-refractivity contribution in [1.29, 1.82) is 0 Å². The van der Waals surface area contributed by atoms with Crippen molar-refractivity contribution in [3.63, 3.8) is 0 Å². The summed E-state index contributed by atoms with van der Waals surface area (Å²) in [5, 5.41) is 3.23. The van der Waals surface area contributed by atoms with Crippen LogP contribution in [0.3, 0.4) is 0 Å². The fraction of sp³-hybridized carbons (Fsp3) is 0.259. The Morgan fingerprint density at radius 2 is 1.79 bits per heavy atom. The lowest BCUT2D eigenvalue weighted by Crippen LogP contribution is -2.23. The number of nitrogens with zero attached hydrogens (tertiary/aromatic N) is 1. The second kappa shape index (κ2) is 9.14. The highest BCUT2D eigenvalue weighted by molar-refractivity contribution is 7.97. The molecule has 0 amide bonds. The third-order valence-electron chi connectivity index (χ3n) is 6.36. The maximum absolute atomic E-state index is 14.7. The lowest BCUT2D eigenvalue weighted by molar-refractivity contribution is 0.554. The van der Waals surface area contributed by atoms with Gasteiger partial charge in [0.05, 0.1) is 16.9 Å². The Kier molecular flexibility index (Phi) is 6.41. The molecule has 0 aliphatic carbocycles. The fourth-order valence-electron chi connectivity index (χ4n) is 4.25. The highest BCUT2D eigenvalue weighted by Gasteiger charge is 2.24. The zero-order valence-corrected chi connectivity index (χ0v) is 20.9. The monoisotopic (exact) mass is 478 g/mol. The lowest BCUT2D eigenvalue weighted by Gasteiger charge is -2.19. The molecule has 4 aromatic rings. The molecule has 0 bridgehead atoms. The second-order valence-electron chi connectivity index (χ2n) is 8.55. The van der Waals surface area contributed by atoms with Crippen LogP contribution >= 0.6 is 11.8 Å². The van der Waals surface area contributed by atoms with E-state index in [1.807, 2.05) is 32.2 Å². The van der Waals surface area contributed by atoms with Crippen molar-refractivity contribution in [3.05, 3.63) is 90.9 Å². The predicted octanol–water partition coefficient (Wildman–Crippen LogP) is 6.14. The molecule has 2 aromatic heterocycles. The molecule has 0 unspecified atom stereocenters. The molecule has 4 rings (SSSR count). The van der Waals surface area contributed by atoms with Crippen molar-refractivity contribution >= 4 is 34.1 Å². The molecule has 2 heterocycles. The van der Waals surface area contributed by atoms with Gasteiger partial charge in [0.15, 0.2) is 5.58 Å². The van der Waals surface area contributed by atoms with Crippen LogP contribution in [0.15, 0.2) is 50.4 Å². The van der Waals surface area contributed by atoms with Gasteiger partial charge in [0.2, 0.25) is 0 Å². The summed E-state index contributed by atoms with van der Waals surface area (Å²) in [4.78, 5) is 26.4. The lowest BCUT2D eigenvalue weighted by atomic mass is 9.94. The molecule has 0 radical (unpaired) electrons. The summed E-state index contributed by atoms with van der Waals surface area (Å²) in [7, 11) is 1.69. The number of halogens is 1. The summed E-state index contributed by atoms with van der Waals surface area (Å²) in [6.07, 6.45) is 2.04. The largest absolute Gasteiger partial charge is 0.421 e. The van der Waals surface area contributed by atoms with E-state index in [0.29, 0.717) is 11.3 Å². The van der Waals surface area contributed by atoms with Gasteiger partial charge in [0.25, 0.3) is 5.56 Å². The highest BCUT2D eigenvalue weighted by atomic mass is 32.2. The summed E-state index contributed by atoms with van der Waals surface area (Å²) >= 11 is 1.72. The van der Waals surface area contributed by atoms with Gasteiger partial charge in [-0.2, -0.15) is 11.8 Å². The van der Waals surface area contributed by atoms with Crippen LogP contribution in [0.2, 0.25) is 0 Å². The van der Waals surface area contributed by atoms with E-state index in [9.17, 15) is 14.0 Å². The average Bonchev–Trinajstić information content (AvgIpc) is 2.79. The van der Waals surface area contributed by atoms with Crippen molar-refractivity contribution in [3.8, 4) is 11.1 Å². The van der Waals surface area contributed by atoms with Gasteiger partial charge in [0.1, 0.15) is 11.2 Å². The number of aryl methyl sites for hydroxylation is 1. The molecule has 0 spiro atoms. The fourth-order valence-corrected chi connectivity index (χ4v) is 4.88. The second-order valence-corrected chi connectivity index (χ2v) is 9.42. The molecule has 5 nitrogen and oxygen atoms in total. The summed E-state index contributed by atoms with van der Waals surface area (Å²) in [5.41, 5.74) is 5.22. The van der Waals surface area contributed by atoms with Crippen LogP contribution in [-0.2, 0) is 12.8 Å². The maximum Gasteiger partial charge on any atom is 0.341 e. The number of anilines is 2. The van der Waals surface area contributed by atoms with E-state index < -0.39 is 11.4 Å². The van der Waals surface area contributed by atoms with E-state index in [4.69, 9.17) is 4.42 Å². The Hall–Kier alpha value is -3.32. The molecule has 34 heavy (non-hydrogen) atoms. The van der Waals surface area contributed by atoms with E-state index in [1.54, 1.807) is 49.4 Å². The first-order valence-corrected chi connectivity index (χ1v) is 12.3. The van der Waals surface area contributed by atoms with Crippen LogP contribution in [0.5, 0.6) is 0 Å². The maximum atomic E-state index is 14.7. The van der Waals surface area contributed by atoms with Gasteiger partial charge in [0, 0.05) is 24.1 Å². The standard InChI is InChI=1S/C27H27FN2O3S/c1-14-10-11-21(20(28)12-14)29-24-16(3)27(32)33-25-22(17(4)30(5)26(31)23(24)25)19-9-7-8-18(13-34-6)15(19)2/h7-12,29H,13H2,1-6H3. The zero-order chi connectivity index (χ0) is 24.7. The number of thioether (sulfide) groups is 1. The Labute approximate surface area is 201 Å². The van der Waals surface area contributed by atoms with E-state index >= 15 is 0 Å². The van der Waals surface area contributed by atoms with Crippen molar-refractivity contribution < 1.29 is 8.81 Å². The van der Waals surface area contributed by atoms with Crippen LogP contribution < -0.4 is 16.5 Å². The number of aromatic nitrogens is 1. The summed E-state index contributed by atoms with van der Waals surface area (Å²) in [5.74, 6) is 0.371. The van der Waals surface area contributed by atoms with Gasteiger partial charge in [-0.15, -0.1) is 0 Å². The number of hydrogen-bond acceptors (Lipinski definition) is 5. The van der Waals surface area contributed by atoms with Crippen molar-refractivity contribution in [2.75, 3.05) is 11.6 Å². The van der Waals surface area contributed by atoms with Gasteiger partial charge >= 0.3 is 5.63 Å². The minimum Gasteiger partial charge on any atom is -0.421 e. The topological polar surface area (TPSA) is 64.2 Å². The first-order chi connectivity index (χ1) is 16.1. The third kappa shape index (κ3) is 3.94. The molecule has 0 aliphatic heterocycles. The van der Waals surface area contributed by atoms with Gasteiger partial charge in [-0.05, 0) is 68.3 Å². The van der Waals surface area contributed by atoms with Crippen LogP contribution in [0.25, 0.3) is 22.1 Å². The number of fused-ring (bicyclic) bond motifs is 1. The third-order valence-corrected chi connectivity index (χ3v) is 6.96. The molecule has 1 N–H and O–H groups in total. The van der Waals surface area contributed by atoms with E-state index in [2.05, 4.69) is 11.4 Å². The first kappa shape index (κ1) is 23.8. The van der Waals surface area contributed by atoms with Crippen LogP contribution in [0, 0.1) is 33.5 Å². The van der Waals surface area contributed by atoms with Gasteiger partial charge in [-0.25, -0.2) is 9.18 Å². The molecule has 0 saturated carbocycles. The normalized spacial score (nSPS) is 11.3. The Balaban J connectivity index is 2.11. The van der Waals surface area contributed by atoms with Crippen LogP contribution in [-0.4, -0.2) is 10.8 Å². The number of benzene rings is 2. The first-order valence-electron chi connectivity index (χ1n) is 10.9. The molecule has 0 aliphatic rings. The van der Waals surface area contributed by atoms with Crippen molar-refractivity contribution in [2.45, 2.75) is 33.4 Å². The quantitative estimate of drug-likeness (QED) is 0.373. The van der Waals surface area contributed by atoms with E-state index in [0.717, 1.165) is 22.4 Å². The van der Waals surface area contributed by atoms with Crippen LogP contribution in [0.1, 0.15) is 27.9 Å². The number of hydrogen-bond donors (Lipinski definition) is 1. The van der Waals surface area contributed by atoms with Crippen molar-refractivity contribution in [2.24, 2.45) is 7.05 Å². The molecule has 7 heteroatoms. The SMILES string of the molecule is CSCc1cccc(-c2c(C)n(C)c(=O)c3c(Nc4ccc(C)cc4F)c(C)c(=O)oc23)c1C. The molecule has 0 saturated heterocycles. The van der Waals surface area contributed by atoms with E-state index in [-0.39, 0.29) is 33.5 Å². The molecule has 0 atom stereocenters. The molecule has 0 fully saturated rings. The minimum absolute atomic E-state index is 0.183. The number of nitrogens with one attached hydrogen (secondary N) is 1. The molecule has 2 aromatic carbocycles. The smallest absolute Gasteiger partial charge is 0.341 e. The highest BCUT2D eigenvalue weighted by Crippen LogP contribution is 2.37. The summed E-state index contributed by atoms with van der Waals surface area (Å²) < 4.78 is 22.0. The van der Waals surface area contributed by atoms with E-state index in [1.165, 1.54) is 11.6 Å².